The fraction of sp³-hybridized carbons (Fsp3) is 0.750. The zero-order valence-corrected chi connectivity index (χ0v) is 14.5. The number of hydrogen-bond donors (Lipinski definition) is 6. The minimum Gasteiger partial charge on any atom is -0.481 e. The van der Waals surface area contributed by atoms with Crippen molar-refractivity contribution in [2.24, 2.45) is 0 Å². The smallest absolute Gasteiger partial charge is 0.332 e. The second kappa shape index (κ2) is 16.3. The van der Waals surface area contributed by atoms with Crippen molar-refractivity contribution >= 4 is 23.9 Å². The van der Waals surface area contributed by atoms with Gasteiger partial charge < -0.3 is 30.6 Å². The summed E-state index contributed by atoms with van der Waals surface area (Å²) in [6.45, 7) is 0. The van der Waals surface area contributed by atoms with E-state index in [0.717, 1.165) is 0 Å². The molecule has 0 aliphatic rings. The summed E-state index contributed by atoms with van der Waals surface area (Å²) in [6.07, 6.45) is 1.36. The minimum atomic E-state index is -1.31. The van der Waals surface area contributed by atoms with Gasteiger partial charge in [0.05, 0.1) is 0 Å². The summed E-state index contributed by atoms with van der Waals surface area (Å²) in [5, 5.41) is 50.7. The minimum absolute atomic E-state index is 0.100. The van der Waals surface area contributed by atoms with Gasteiger partial charge in [-0.2, -0.15) is 0 Å². The lowest BCUT2D eigenvalue weighted by Gasteiger charge is -2.03. The van der Waals surface area contributed by atoms with Crippen LogP contribution in [-0.2, 0) is 19.2 Å². The monoisotopic (exact) mass is 380 g/mol. The van der Waals surface area contributed by atoms with E-state index < -0.39 is 36.1 Å². The maximum Gasteiger partial charge on any atom is 0.332 e. The molecule has 0 amide bonds. The van der Waals surface area contributed by atoms with Crippen molar-refractivity contribution < 1.29 is 49.8 Å². The van der Waals surface area contributed by atoms with Crippen LogP contribution in [0, 0.1) is 0 Å². The fourth-order valence-corrected chi connectivity index (χ4v) is 1.83. The van der Waals surface area contributed by atoms with Crippen molar-refractivity contribution in [1.29, 1.82) is 0 Å². The number of aliphatic hydroxyl groups excluding tert-OH is 2. The summed E-state index contributed by atoms with van der Waals surface area (Å²) in [5.41, 5.74) is 0. The van der Waals surface area contributed by atoms with Crippen LogP contribution in [-0.4, -0.2) is 66.7 Å². The van der Waals surface area contributed by atoms with Gasteiger partial charge in [-0.3, -0.25) is 9.59 Å². The number of aliphatic hydroxyl groups is 2. The first kappa shape index (κ1) is 26.0. The van der Waals surface area contributed by atoms with Crippen molar-refractivity contribution in [3.63, 3.8) is 0 Å². The van der Waals surface area contributed by atoms with Crippen LogP contribution < -0.4 is 0 Å². The molecule has 6 N–H and O–H groups in total. The number of carboxylic acids is 4. The van der Waals surface area contributed by atoms with Crippen molar-refractivity contribution in [1.82, 2.24) is 0 Å². The molecular weight excluding hydrogens is 352 g/mol. The average Bonchev–Trinajstić information content (AvgIpc) is 2.53. The molecule has 0 aromatic heterocycles. The Bertz CT molecular complexity index is 395. The predicted molar refractivity (Wildman–Crippen MR) is 88.7 cm³/mol. The van der Waals surface area contributed by atoms with Gasteiger partial charge in [0.1, 0.15) is 0 Å². The lowest BCUT2D eigenvalue weighted by atomic mass is 10.1. The number of carboxylic acid groups (broad SMARTS) is 4. The second-order valence-electron chi connectivity index (χ2n) is 5.69. The van der Waals surface area contributed by atoms with E-state index in [1.54, 1.807) is 0 Å². The zero-order chi connectivity index (χ0) is 20.5. The van der Waals surface area contributed by atoms with E-state index in [0.29, 0.717) is 38.5 Å². The van der Waals surface area contributed by atoms with Crippen molar-refractivity contribution in [3.8, 4) is 0 Å². The lowest BCUT2D eigenvalue weighted by molar-refractivity contribution is -0.147. The molecule has 0 rings (SSSR count). The normalized spacial score (nSPS) is 12.4. The summed E-state index contributed by atoms with van der Waals surface area (Å²) >= 11 is 0. The molecule has 2 unspecified atom stereocenters. The van der Waals surface area contributed by atoms with E-state index in [1.165, 1.54) is 0 Å². The molecule has 0 fully saturated rings. The van der Waals surface area contributed by atoms with Crippen molar-refractivity contribution in [2.45, 2.75) is 76.4 Å². The Morgan fingerprint density at radius 3 is 1.08 bits per heavy atom. The highest BCUT2D eigenvalue weighted by molar-refractivity contribution is 5.72. The zero-order valence-electron chi connectivity index (χ0n) is 14.5. The van der Waals surface area contributed by atoms with E-state index >= 15 is 0 Å². The molecule has 0 bridgehead atoms. The van der Waals surface area contributed by atoms with Gasteiger partial charge in [0.15, 0.2) is 12.2 Å². The lowest BCUT2D eigenvalue weighted by Crippen LogP contribution is -2.18. The first-order valence-electron chi connectivity index (χ1n) is 8.33. The first-order valence-corrected chi connectivity index (χ1v) is 8.33. The number of aliphatic carboxylic acids is 4. The van der Waals surface area contributed by atoms with Gasteiger partial charge in [-0.25, -0.2) is 9.59 Å². The Balaban J connectivity index is 0. The molecule has 0 radical (unpaired) electrons. The van der Waals surface area contributed by atoms with Crippen LogP contribution in [0.5, 0.6) is 0 Å². The van der Waals surface area contributed by atoms with Gasteiger partial charge in [0.25, 0.3) is 0 Å². The average molecular weight is 380 g/mol. The summed E-state index contributed by atoms with van der Waals surface area (Å²) in [7, 11) is 0. The van der Waals surface area contributed by atoms with Gasteiger partial charge in [0.2, 0.25) is 0 Å². The number of unbranched alkanes of at least 4 members (excludes halogenated alkanes) is 4. The molecule has 0 saturated heterocycles. The van der Waals surface area contributed by atoms with Crippen molar-refractivity contribution in [2.75, 3.05) is 0 Å². The van der Waals surface area contributed by atoms with Crippen LogP contribution in [0.2, 0.25) is 0 Å². The first-order chi connectivity index (χ1) is 12.1. The molecule has 152 valence electrons. The molecule has 0 aromatic carbocycles. The third kappa shape index (κ3) is 19.8. The highest BCUT2D eigenvalue weighted by atomic mass is 16.4. The molecule has 0 aliphatic carbocycles. The highest BCUT2D eigenvalue weighted by Crippen LogP contribution is 2.06. The quantitative estimate of drug-likeness (QED) is 0.236. The molecule has 10 heteroatoms. The van der Waals surface area contributed by atoms with E-state index in [-0.39, 0.29) is 25.7 Å². The Kier molecular flexibility index (Phi) is 16.3. The fourth-order valence-electron chi connectivity index (χ4n) is 1.83. The van der Waals surface area contributed by atoms with Crippen molar-refractivity contribution in [3.05, 3.63) is 0 Å². The Morgan fingerprint density at radius 1 is 0.538 bits per heavy atom. The maximum atomic E-state index is 10.1. The molecule has 0 spiro atoms. The Labute approximate surface area is 151 Å². The number of hydrogen-bond acceptors (Lipinski definition) is 6. The standard InChI is InChI=1S/2C8H14O5/c2*9-6(8(12)13)4-2-1-3-5-7(10)11/h2*6,9H,1-5H2,(H,10,11)(H,12,13). The van der Waals surface area contributed by atoms with Crippen LogP contribution >= 0.6 is 0 Å². The SMILES string of the molecule is O=C(O)CCCCCC(O)C(=O)O.O=C(O)CCCCCC(O)C(=O)O. The predicted octanol–water partition coefficient (Wildman–Crippen LogP) is 0.934. The highest BCUT2D eigenvalue weighted by Gasteiger charge is 2.12. The molecule has 2 atom stereocenters. The van der Waals surface area contributed by atoms with E-state index in [4.69, 9.17) is 30.6 Å². The van der Waals surface area contributed by atoms with E-state index in [1.807, 2.05) is 0 Å². The van der Waals surface area contributed by atoms with Crippen LogP contribution in [0.1, 0.15) is 64.2 Å². The summed E-state index contributed by atoms with van der Waals surface area (Å²) < 4.78 is 0. The van der Waals surface area contributed by atoms with Gasteiger partial charge in [-0.1, -0.05) is 25.7 Å². The largest absolute Gasteiger partial charge is 0.481 e. The van der Waals surface area contributed by atoms with Gasteiger partial charge in [-0.15, -0.1) is 0 Å². The second-order valence-corrected chi connectivity index (χ2v) is 5.69. The molecule has 26 heavy (non-hydrogen) atoms. The molecule has 10 nitrogen and oxygen atoms in total. The van der Waals surface area contributed by atoms with Crippen LogP contribution in [0.15, 0.2) is 0 Å². The van der Waals surface area contributed by atoms with E-state index in [9.17, 15) is 19.2 Å². The maximum absolute atomic E-state index is 10.1. The summed E-state index contributed by atoms with van der Waals surface area (Å²) in [5.74, 6) is -4.14. The third-order valence-electron chi connectivity index (χ3n) is 3.31. The Morgan fingerprint density at radius 2 is 0.846 bits per heavy atom. The number of rotatable bonds is 14. The molecular formula is C16H28O10. The molecule has 0 aliphatic heterocycles. The topological polar surface area (TPSA) is 190 Å². The Hall–Kier alpha value is -2.20. The van der Waals surface area contributed by atoms with Gasteiger partial charge >= 0.3 is 23.9 Å². The van der Waals surface area contributed by atoms with Gasteiger partial charge in [-0.05, 0) is 25.7 Å². The van der Waals surface area contributed by atoms with Crippen LogP contribution in [0.3, 0.4) is 0 Å². The summed E-state index contributed by atoms with van der Waals surface area (Å²) in [4.78, 5) is 40.4. The molecule has 0 heterocycles. The van der Waals surface area contributed by atoms with Gasteiger partial charge in [0, 0.05) is 12.8 Å². The summed E-state index contributed by atoms with van der Waals surface area (Å²) in [6, 6.07) is 0. The van der Waals surface area contributed by atoms with Crippen LogP contribution in [0.4, 0.5) is 0 Å². The molecule has 0 aromatic rings. The number of carbonyl (C=O) groups is 4. The van der Waals surface area contributed by atoms with Crippen LogP contribution in [0.25, 0.3) is 0 Å². The third-order valence-corrected chi connectivity index (χ3v) is 3.31. The van der Waals surface area contributed by atoms with E-state index in [2.05, 4.69) is 0 Å². The molecule has 0 saturated carbocycles.